The first-order chi connectivity index (χ1) is 14.4. The molecule has 0 atom stereocenters. The number of halogens is 2. The Hall–Kier alpha value is -2.21. The lowest BCUT2D eigenvalue weighted by Gasteiger charge is -2.22. The molecule has 12 heteroatoms. The van der Waals surface area contributed by atoms with Gasteiger partial charge in [0.2, 0.25) is 10.0 Å². The van der Waals surface area contributed by atoms with Crippen LogP contribution in [0, 0.1) is 5.82 Å². The molecular weight excluding hydrogens is 471 g/mol. The quantitative estimate of drug-likeness (QED) is 0.638. The van der Waals surface area contributed by atoms with Gasteiger partial charge in [0.1, 0.15) is 10.7 Å². The molecular formula is C19H20ClFN2O6S2. The molecule has 0 saturated heterocycles. The van der Waals surface area contributed by atoms with Gasteiger partial charge in [-0.3, -0.25) is 4.31 Å². The summed E-state index contributed by atoms with van der Waals surface area (Å²) in [6, 6.07) is 5.50. The Bertz CT molecular complexity index is 1260. The van der Waals surface area contributed by atoms with E-state index in [-0.39, 0.29) is 23.5 Å². The molecule has 3 rings (SSSR count). The van der Waals surface area contributed by atoms with E-state index in [9.17, 15) is 26.0 Å². The van der Waals surface area contributed by atoms with Crippen molar-refractivity contribution in [1.29, 1.82) is 0 Å². The summed E-state index contributed by atoms with van der Waals surface area (Å²) in [6.45, 7) is 4.04. The second-order valence-electron chi connectivity index (χ2n) is 6.77. The van der Waals surface area contributed by atoms with Crippen molar-refractivity contribution in [3.63, 3.8) is 0 Å². The minimum Gasteiger partial charge on any atom is -0.478 e. The molecule has 1 aliphatic heterocycles. The van der Waals surface area contributed by atoms with Crippen LogP contribution in [0.15, 0.2) is 40.1 Å². The van der Waals surface area contributed by atoms with Crippen molar-refractivity contribution in [1.82, 2.24) is 4.31 Å². The van der Waals surface area contributed by atoms with E-state index in [2.05, 4.69) is 0 Å². The molecule has 0 unspecified atom stereocenters. The maximum Gasteiger partial charge on any atom is 0.338 e. The third-order valence-electron chi connectivity index (χ3n) is 5.07. The van der Waals surface area contributed by atoms with Crippen LogP contribution < -0.4 is 4.31 Å². The Balaban J connectivity index is 2.06. The zero-order valence-corrected chi connectivity index (χ0v) is 19.1. The first-order valence-corrected chi connectivity index (χ1v) is 12.6. The minimum absolute atomic E-state index is 0.00253. The molecule has 1 N–H and O–H groups in total. The molecule has 0 aliphatic carbocycles. The van der Waals surface area contributed by atoms with Gasteiger partial charge in [-0.05, 0) is 42.3 Å². The molecule has 8 nitrogen and oxygen atoms in total. The number of aromatic carboxylic acids is 1. The lowest BCUT2D eigenvalue weighted by atomic mass is 10.2. The molecule has 0 aromatic heterocycles. The molecule has 0 bridgehead atoms. The van der Waals surface area contributed by atoms with E-state index < -0.39 is 47.3 Å². The molecule has 168 valence electrons. The SMILES string of the molecule is CCN(CC)S(=O)(=O)c1ccc2c(c1)CCN2S(=O)(=O)c1cc(C(=O)O)c(F)cc1Cl. The van der Waals surface area contributed by atoms with Crippen molar-refractivity contribution in [2.75, 3.05) is 23.9 Å². The topological polar surface area (TPSA) is 112 Å². The highest BCUT2D eigenvalue weighted by molar-refractivity contribution is 7.93. The highest BCUT2D eigenvalue weighted by Crippen LogP contribution is 2.37. The van der Waals surface area contributed by atoms with Gasteiger partial charge in [-0.1, -0.05) is 25.4 Å². The van der Waals surface area contributed by atoms with Crippen LogP contribution in [0.5, 0.6) is 0 Å². The van der Waals surface area contributed by atoms with Crippen molar-refractivity contribution in [3.8, 4) is 0 Å². The predicted molar refractivity (Wildman–Crippen MR) is 113 cm³/mol. The number of benzene rings is 2. The Morgan fingerprint density at radius 2 is 1.81 bits per heavy atom. The molecule has 0 spiro atoms. The van der Waals surface area contributed by atoms with Crippen LogP contribution in [0.1, 0.15) is 29.8 Å². The number of carbonyl (C=O) groups is 1. The molecule has 0 amide bonds. The highest BCUT2D eigenvalue weighted by atomic mass is 35.5. The second kappa shape index (κ2) is 8.38. The largest absolute Gasteiger partial charge is 0.478 e. The number of hydrogen-bond acceptors (Lipinski definition) is 5. The van der Waals surface area contributed by atoms with E-state index in [1.165, 1.54) is 22.5 Å². The van der Waals surface area contributed by atoms with Crippen LogP contribution >= 0.6 is 11.6 Å². The number of carboxylic acids is 1. The van der Waals surface area contributed by atoms with Crippen molar-refractivity contribution in [2.45, 2.75) is 30.1 Å². The fourth-order valence-corrected chi connectivity index (χ4v) is 7.01. The highest BCUT2D eigenvalue weighted by Gasteiger charge is 2.35. The Kier molecular flexibility index (Phi) is 6.34. The van der Waals surface area contributed by atoms with Gasteiger partial charge >= 0.3 is 5.97 Å². The van der Waals surface area contributed by atoms with Gasteiger partial charge in [-0.25, -0.2) is 26.0 Å². The summed E-state index contributed by atoms with van der Waals surface area (Å²) in [4.78, 5) is 10.7. The third kappa shape index (κ3) is 4.02. The summed E-state index contributed by atoms with van der Waals surface area (Å²) in [5.41, 5.74) is -0.0488. The lowest BCUT2D eigenvalue weighted by molar-refractivity contribution is 0.0691. The van der Waals surface area contributed by atoms with E-state index in [1.54, 1.807) is 13.8 Å². The predicted octanol–water partition coefficient (Wildman–Crippen LogP) is 2.96. The fraction of sp³-hybridized carbons (Fsp3) is 0.316. The minimum atomic E-state index is -4.32. The zero-order chi connectivity index (χ0) is 23.1. The van der Waals surface area contributed by atoms with E-state index in [4.69, 9.17) is 16.7 Å². The summed E-state index contributed by atoms with van der Waals surface area (Å²) in [7, 11) is -8.04. The number of sulfonamides is 2. The Morgan fingerprint density at radius 1 is 1.16 bits per heavy atom. The van der Waals surface area contributed by atoms with Crippen LogP contribution in [0.25, 0.3) is 0 Å². The number of nitrogens with zero attached hydrogens (tertiary/aromatic N) is 2. The number of hydrogen-bond donors (Lipinski definition) is 1. The molecule has 0 saturated carbocycles. The van der Waals surface area contributed by atoms with E-state index in [0.717, 1.165) is 4.31 Å². The van der Waals surface area contributed by atoms with Crippen molar-refractivity contribution >= 4 is 43.3 Å². The zero-order valence-electron chi connectivity index (χ0n) is 16.7. The maximum atomic E-state index is 13.8. The van der Waals surface area contributed by atoms with Crippen molar-refractivity contribution in [2.24, 2.45) is 0 Å². The first kappa shape index (κ1) is 23.5. The monoisotopic (exact) mass is 490 g/mol. The maximum absolute atomic E-state index is 13.8. The van der Waals surface area contributed by atoms with Gasteiger partial charge in [-0.15, -0.1) is 0 Å². The van der Waals surface area contributed by atoms with Crippen LogP contribution in [0.3, 0.4) is 0 Å². The molecule has 1 heterocycles. The Labute approximate surface area is 185 Å². The number of fused-ring (bicyclic) bond motifs is 1. The fourth-order valence-electron chi connectivity index (χ4n) is 3.48. The van der Waals surface area contributed by atoms with Gasteiger partial charge in [0, 0.05) is 19.6 Å². The first-order valence-electron chi connectivity index (χ1n) is 9.33. The summed E-state index contributed by atoms with van der Waals surface area (Å²) >= 11 is 5.92. The average Bonchev–Trinajstić information content (AvgIpc) is 3.12. The smallest absolute Gasteiger partial charge is 0.338 e. The number of carboxylic acid groups (broad SMARTS) is 1. The van der Waals surface area contributed by atoms with Gasteiger partial charge in [-0.2, -0.15) is 4.31 Å². The summed E-state index contributed by atoms with van der Waals surface area (Å²) in [5.74, 6) is -2.77. The van der Waals surface area contributed by atoms with Crippen molar-refractivity contribution < 1.29 is 31.1 Å². The van der Waals surface area contributed by atoms with E-state index in [1.807, 2.05) is 0 Å². The summed E-state index contributed by atoms with van der Waals surface area (Å²) in [5, 5.41) is 8.66. The van der Waals surface area contributed by atoms with Crippen LogP contribution in [0.4, 0.5) is 10.1 Å². The van der Waals surface area contributed by atoms with Crippen LogP contribution in [-0.2, 0) is 26.5 Å². The van der Waals surface area contributed by atoms with Crippen LogP contribution in [-0.4, -0.2) is 51.9 Å². The molecule has 1 aliphatic rings. The number of rotatable bonds is 7. The standard InChI is InChI=1S/C19H20ClFN2O6S2/c1-3-22(4-2)30(26,27)13-5-6-17-12(9-13)7-8-23(17)31(28,29)18-10-14(19(24)25)16(21)11-15(18)20/h5-6,9-11H,3-4,7-8H2,1-2H3,(H,24,25). The number of anilines is 1. The third-order valence-corrected chi connectivity index (χ3v) is 9.39. The van der Waals surface area contributed by atoms with Gasteiger partial charge in [0.25, 0.3) is 10.0 Å². The van der Waals surface area contributed by atoms with Gasteiger partial charge in [0.05, 0.1) is 21.2 Å². The van der Waals surface area contributed by atoms with Gasteiger partial charge < -0.3 is 5.11 Å². The molecule has 2 aromatic rings. The molecule has 2 aromatic carbocycles. The average molecular weight is 491 g/mol. The molecule has 0 radical (unpaired) electrons. The Morgan fingerprint density at radius 3 is 2.39 bits per heavy atom. The van der Waals surface area contributed by atoms with Gasteiger partial charge in [0.15, 0.2) is 0 Å². The molecule has 0 fully saturated rings. The van der Waals surface area contributed by atoms with Crippen molar-refractivity contribution in [3.05, 3.63) is 52.3 Å². The lowest BCUT2D eigenvalue weighted by Crippen LogP contribution is -2.31. The van der Waals surface area contributed by atoms with E-state index >= 15 is 0 Å². The summed E-state index contributed by atoms with van der Waals surface area (Å²) < 4.78 is 68.0. The molecule has 31 heavy (non-hydrogen) atoms. The summed E-state index contributed by atoms with van der Waals surface area (Å²) in [6.07, 6.45) is 0.251. The van der Waals surface area contributed by atoms with E-state index in [0.29, 0.717) is 30.8 Å². The van der Waals surface area contributed by atoms with Crippen LogP contribution in [0.2, 0.25) is 5.02 Å². The second-order valence-corrected chi connectivity index (χ2v) is 11.0. The normalized spacial score (nSPS) is 14.2.